The Kier molecular flexibility index (Phi) is 4.21. The van der Waals surface area contributed by atoms with Crippen molar-refractivity contribution in [2.24, 2.45) is 11.8 Å². The molecular formula is C18H15F2N3O4. The molecule has 0 radical (unpaired) electrons. The van der Waals surface area contributed by atoms with Gasteiger partial charge < -0.3 is 9.72 Å². The number of aromatic nitrogens is 2. The van der Waals surface area contributed by atoms with E-state index < -0.39 is 36.0 Å². The van der Waals surface area contributed by atoms with Gasteiger partial charge in [-0.25, -0.2) is 13.8 Å². The summed E-state index contributed by atoms with van der Waals surface area (Å²) in [6, 6.07) is 1.89. The van der Waals surface area contributed by atoms with Gasteiger partial charge in [0.25, 0.3) is 0 Å². The van der Waals surface area contributed by atoms with Gasteiger partial charge in [-0.3, -0.25) is 19.3 Å². The van der Waals surface area contributed by atoms with E-state index in [-0.39, 0.29) is 35.3 Å². The van der Waals surface area contributed by atoms with Gasteiger partial charge in [-0.1, -0.05) is 12.2 Å². The van der Waals surface area contributed by atoms with Crippen molar-refractivity contribution < 1.29 is 27.9 Å². The number of hydrogen-bond acceptors (Lipinski definition) is 5. The number of rotatable bonds is 4. The number of carbonyl (C=O) groups excluding carboxylic acids is 3. The molecule has 140 valence electrons. The lowest BCUT2D eigenvalue weighted by Gasteiger charge is -2.14. The van der Waals surface area contributed by atoms with E-state index in [1.165, 1.54) is 0 Å². The molecule has 1 aromatic heterocycles. The summed E-state index contributed by atoms with van der Waals surface area (Å²) in [5.74, 6) is -4.15. The van der Waals surface area contributed by atoms with Crippen LogP contribution in [0.15, 0.2) is 24.3 Å². The Hall–Kier alpha value is -3.10. The highest BCUT2D eigenvalue weighted by atomic mass is 19.2. The van der Waals surface area contributed by atoms with Crippen LogP contribution in [-0.4, -0.2) is 39.2 Å². The molecule has 2 atom stereocenters. The van der Waals surface area contributed by atoms with E-state index >= 15 is 0 Å². The quantitative estimate of drug-likeness (QED) is 0.500. The molecule has 2 aromatic rings. The Labute approximate surface area is 152 Å². The zero-order valence-corrected chi connectivity index (χ0v) is 14.1. The highest BCUT2D eigenvalue weighted by Crippen LogP contribution is 2.34. The first-order valence-corrected chi connectivity index (χ1v) is 8.43. The predicted molar refractivity (Wildman–Crippen MR) is 87.9 cm³/mol. The summed E-state index contributed by atoms with van der Waals surface area (Å²) < 4.78 is 31.5. The van der Waals surface area contributed by atoms with Gasteiger partial charge in [0.1, 0.15) is 19.0 Å². The molecule has 0 unspecified atom stereocenters. The van der Waals surface area contributed by atoms with Crippen LogP contribution in [0.1, 0.15) is 18.7 Å². The normalized spacial score (nSPS) is 21.8. The maximum absolute atomic E-state index is 13.2. The minimum absolute atomic E-state index is 0.195. The van der Waals surface area contributed by atoms with E-state index in [1.54, 1.807) is 0 Å². The van der Waals surface area contributed by atoms with Gasteiger partial charge in [0, 0.05) is 12.1 Å². The first kappa shape index (κ1) is 17.3. The minimum atomic E-state index is -1.03. The van der Waals surface area contributed by atoms with Crippen LogP contribution >= 0.6 is 0 Å². The van der Waals surface area contributed by atoms with Gasteiger partial charge in [0.15, 0.2) is 11.6 Å². The fourth-order valence-corrected chi connectivity index (χ4v) is 3.47. The molecule has 4 rings (SSSR count). The minimum Gasteiger partial charge on any atom is -0.456 e. The number of esters is 1. The van der Waals surface area contributed by atoms with Gasteiger partial charge in [-0.15, -0.1) is 0 Å². The number of hydrogen-bond donors (Lipinski definition) is 1. The molecule has 7 nitrogen and oxygen atoms in total. The Morgan fingerprint density at radius 2 is 1.78 bits per heavy atom. The molecule has 1 aliphatic heterocycles. The molecule has 1 aromatic carbocycles. The first-order valence-electron chi connectivity index (χ1n) is 8.43. The smallest absolute Gasteiger partial charge is 0.326 e. The van der Waals surface area contributed by atoms with Crippen molar-refractivity contribution in [3.8, 4) is 0 Å². The number of nitrogens with zero attached hydrogens (tertiary/aromatic N) is 2. The standard InChI is InChI=1S/C18H15F2N3O4/c19-11-5-13-14(6-12(11)20)22-15(21-13)8-27-16(24)7-23-17(25)9-3-1-2-4-10(9)18(23)26/h1-2,5-6,9-10H,3-4,7-8H2,(H,21,22)/t9-,10+. The second kappa shape index (κ2) is 6.57. The molecule has 0 saturated carbocycles. The van der Waals surface area contributed by atoms with Crippen LogP contribution in [-0.2, 0) is 25.7 Å². The molecule has 1 aliphatic carbocycles. The third-order valence-electron chi connectivity index (χ3n) is 4.83. The maximum atomic E-state index is 13.2. The second-order valence-electron chi connectivity index (χ2n) is 6.55. The monoisotopic (exact) mass is 375 g/mol. The number of ether oxygens (including phenoxy) is 1. The van der Waals surface area contributed by atoms with Gasteiger partial charge in [0.05, 0.1) is 22.9 Å². The van der Waals surface area contributed by atoms with Crippen molar-refractivity contribution in [1.29, 1.82) is 0 Å². The summed E-state index contributed by atoms with van der Waals surface area (Å²) >= 11 is 0. The lowest BCUT2D eigenvalue weighted by molar-refractivity contribution is -0.154. The largest absolute Gasteiger partial charge is 0.456 e. The van der Waals surface area contributed by atoms with E-state index in [0.717, 1.165) is 17.0 Å². The van der Waals surface area contributed by atoms with Crippen LogP contribution < -0.4 is 0 Å². The van der Waals surface area contributed by atoms with Crippen molar-refractivity contribution in [3.05, 3.63) is 41.7 Å². The number of halogens is 2. The molecule has 2 aliphatic rings. The van der Waals surface area contributed by atoms with Crippen LogP contribution in [0, 0.1) is 23.5 Å². The van der Waals surface area contributed by atoms with Crippen molar-refractivity contribution in [3.63, 3.8) is 0 Å². The lowest BCUT2D eigenvalue weighted by atomic mass is 9.85. The van der Waals surface area contributed by atoms with Crippen LogP contribution in [0.3, 0.4) is 0 Å². The summed E-state index contributed by atoms with van der Waals surface area (Å²) in [6.45, 7) is -0.741. The van der Waals surface area contributed by atoms with Gasteiger partial charge in [-0.05, 0) is 12.8 Å². The number of amides is 2. The van der Waals surface area contributed by atoms with Crippen LogP contribution in [0.4, 0.5) is 8.78 Å². The van der Waals surface area contributed by atoms with Crippen LogP contribution in [0.5, 0.6) is 0 Å². The number of imidazole rings is 1. The molecule has 2 amide bonds. The first-order chi connectivity index (χ1) is 12.9. The number of benzene rings is 1. The Morgan fingerprint density at radius 1 is 1.15 bits per heavy atom. The Balaban J connectivity index is 1.39. The summed E-state index contributed by atoms with van der Waals surface area (Å²) in [5, 5.41) is 0. The maximum Gasteiger partial charge on any atom is 0.326 e. The topological polar surface area (TPSA) is 92.4 Å². The molecule has 2 heterocycles. The summed E-state index contributed by atoms with van der Waals surface area (Å²) in [6.07, 6.45) is 4.71. The fraction of sp³-hybridized carbons (Fsp3) is 0.333. The summed E-state index contributed by atoms with van der Waals surface area (Å²) in [4.78, 5) is 44.3. The van der Waals surface area contributed by atoms with E-state index in [0.29, 0.717) is 12.8 Å². The number of allylic oxidation sites excluding steroid dienone is 2. The fourth-order valence-electron chi connectivity index (χ4n) is 3.47. The molecule has 1 fully saturated rings. The average Bonchev–Trinajstić information content (AvgIpc) is 3.14. The number of imide groups is 1. The van der Waals surface area contributed by atoms with E-state index in [2.05, 4.69) is 9.97 Å². The molecule has 1 saturated heterocycles. The number of fused-ring (bicyclic) bond motifs is 2. The SMILES string of the molecule is O=C(CN1C(=O)[C@H]2CC=CC[C@H]2C1=O)OCc1nc2cc(F)c(F)cc2[nH]1. The average molecular weight is 375 g/mol. The van der Waals surface area contributed by atoms with Crippen molar-refractivity contribution >= 4 is 28.8 Å². The van der Waals surface area contributed by atoms with Gasteiger partial charge in [-0.2, -0.15) is 0 Å². The molecule has 9 heteroatoms. The van der Waals surface area contributed by atoms with E-state index in [9.17, 15) is 23.2 Å². The highest BCUT2D eigenvalue weighted by Gasteiger charge is 2.47. The third kappa shape index (κ3) is 3.09. The zero-order chi connectivity index (χ0) is 19.1. The summed E-state index contributed by atoms with van der Waals surface area (Å²) in [7, 11) is 0. The van der Waals surface area contributed by atoms with E-state index in [1.807, 2.05) is 12.2 Å². The predicted octanol–water partition coefficient (Wildman–Crippen LogP) is 1.84. The Bertz CT molecular complexity index is 919. The van der Waals surface area contributed by atoms with Gasteiger partial charge in [0.2, 0.25) is 11.8 Å². The lowest BCUT2D eigenvalue weighted by Crippen LogP contribution is -2.36. The molecule has 1 N–H and O–H groups in total. The number of H-pyrrole nitrogens is 1. The molecule has 0 spiro atoms. The second-order valence-corrected chi connectivity index (χ2v) is 6.55. The highest BCUT2D eigenvalue weighted by molar-refractivity contribution is 6.07. The summed E-state index contributed by atoms with van der Waals surface area (Å²) in [5.41, 5.74) is 0.461. The molecule has 0 bridgehead atoms. The van der Waals surface area contributed by atoms with Gasteiger partial charge >= 0.3 is 5.97 Å². The number of carbonyl (C=O) groups is 3. The zero-order valence-electron chi connectivity index (χ0n) is 14.1. The van der Waals surface area contributed by atoms with E-state index in [4.69, 9.17) is 4.74 Å². The van der Waals surface area contributed by atoms with Crippen molar-refractivity contribution in [1.82, 2.24) is 14.9 Å². The number of nitrogens with one attached hydrogen (secondary N) is 1. The third-order valence-corrected chi connectivity index (χ3v) is 4.83. The van der Waals surface area contributed by atoms with Crippen LogP contribution in [0.2, 0.25) is 0 Å². The molecule has 27 heavy (non-hydrogen) atoms. The number of aromatic amines is 1. The van der Waals surface area contributed by atoms with Crippen molar-refractivity contribution in [2.75, 3.05) is 6.54 Å². The van der Waals surface area contributed by atoms with Crippen molar-refractivity contribution in [2.45, 2.75) is 19.4 Å². The van der Waals surface area contributed by atoms with Crippen LogP contribution in [0.25, 0.3) is 11.0 Å². The molecular weight excluding hydrogens is 360 g/mol. The Morgan fingerprint density at radius 3 is 2.44 bits per heavy atom. The number of likely N-dealkylation sites (tertiary alicyclic amines) is 1.